The Bertz CT molecular complexity index is 426. The van der Waals surface area contributed by atoms with Gasteiger partial charge in [-0.1, -0.05) is 37.8 Å². The van der Waals surface area contributed by atoms with Crippen LogP contribution in [0, 0.1) is 25.7 Å². The largest absolute Gasteiger partial charge is 0.368 e. The molecule has 0 atom stereocenters. The lowest BCUT2D eigenvalue weighted by molar-refractivity contribution is 0.278. The Kier molecular flexibility index (Phi) is 5.03. The second-order valence-electron chi connectivity index (χ2n) is 5.77. The molecule has 1 aliphatic carbocycles. The Morgan fingerprint density at radius 1 is 1.05 bits per heavy atom. The maximum atomic E-state index is 5.97. The van der Waals surface area contributed by atoms with Gasteiger partial charge in [0.2, 0.25) is 0 Å². The maximum absolute atomic E-state index is 5.97. The van der Waals surface area contributed by atoms with E-state index < -0.39 is 0 Å². The monoisotopic (exact) mass is 281 g/mol. The van der Waals surface area contributed by atoms with Crippen LogP contribution in [0.5, 0.6) is 0 Å². The highest BCUT2D eigenvalue weighted by Crippen LogP contribution is 2.31. The Labute approximate surface area is 121 Å². The van der Waals surface area contributed by atoms with E-state index in [9.17, 15) is 0 Å². The minimum absolute atomic E-state index is 0.506. The van der Waals surface area contributed by atoms with Gasteiger partial charge in [0.15, 0.2) is 11.0 Å². The highest BCUT2D eigenvalue weighted by molar-refractivity contribution is 6.30. The Morgan fingerprint density at radius 2 is 1.68 bits per heavy atom. The van der Waals surface area contributed by atoms with Crippen molar-refractivity contribution in [2.45, 2.75) is 52.9 Å². The van der Waals surface area contributed by atoms with E-state index in [1.165, 1.54) is 32.1 Å². The molecule has 1 aromatic heterocycles. The van der Waals surface area contributed by atoms with Crippen LogP contribution in [0.2, 0.25) is 5.15 Å². The van der Waals surface area contributed by atoms with Crippen LogP contribution in [-0.4, -0.2) is 16.7 Å². The van der Waals surface area contributed by atoms with Crippen LogP contribution in [0.25, 0.3) is 0 Å². The normalized spacial score (nSPS) is 23.4. The van der Waals surface area contributed by atoms with Gasteiger partial charge in [0.05, 0.1) is 0 Å². The van der Waals surface area contributed by atoms with Gasteiger partial charge in [0, 0.05) is 6.54 Å². The summed E-state index contributed by atoms with van der Waals surface area (Å²) in [5.74, 6) is 2.62. The number of hydrogen-bond donors (Lipinski definition) is 1. The summed E-state index contributed by atoms with van der Waals surface area (Å²) in [6.45, 7) is 7.35. The van der Waals surface area contributed by atoms with Crippen molar-refractivity contribution in [2.75, 3.05) is 11.9 Å². The summed E-state index contributed by atoms with van der Waals surface area (Å²) in [5.41, 5.74) is 2.14. The first-order valence-electron chi connectivity index (χ1n) is 7.35. The van der Waals surface area contributed by atoms with E-state index in [1.807, 2.05) is 13.8 Å². The summed E-state index contributed by atoms with van der Waals surface area (Å²) in [6.07, 6.45) is 6.77. The van der Waals surface area contributed by atoms with Crippen molar-refractivity contribution in [2.24, 2.45) is 11.8 Å². The molecule has 1 heterocycles. The molecule has 0 amide bonds. The molecule has 0 bridgehead atoms. The molecule has 0 saturated heterocycles. The van der Waals surface area contributed by atoms with Crippen LogP contribution < -0.4 is 5.32 Å². The highest BCUT2D eigenvalue weighted by Gasteiger charge is 2.20. The maximum Gasteiger partial charge on any atom is 0.155 e. The Hall–Kier alpha value is -0.830. The summed E-state index contributed by atoms with van der Waals surface area (Å²) < 4.78 is 0. The fourth-order valence-corrected chi connectivity index (χ4v) is 3.01. The minimum Gasteiger partial charge on any atom is -0.368 e. The molecule has 1 N–H and O–H groups in total. The molecule has 2 rings (SSSR count). The second kappa shape index (κ2) is 6.56. The van der Waals surface area contributed by atoms with Gasteiger partial charge in [-0.05, 0) is 49.7 Å². The van der Waals surface area contributed by atoms with Crippen LogP contribution in [-0.2, 0) is 0 Å². The molecule has 106 valence electrons. The molecular weight excluding hydrogens is 258 g/mol. The van der Waals surface area contributed by atoms with E-state index in [2.05, 4.69) is 22.4 Å². The molecule has 19 heavy (non-hydrogen) atoms. The van der Waals surface area contributed by atoms with E-state index in [4.69, 9.17) is 11.6 Å². The van der Waals surface area contributed by atoms with E-state index in [1.54, 1.807) is 0 Å². The topological polar surface area (TPSA) is 37.8 Å². The number of nitrogens with zero attached hydrogens (tertiary/aromatic N) is 2. The average molecular weight is 282 g/mol. The molecule has 1 aliphatic rings. The van der Waals surface area contributed by atoms with Crippen molar-refractivity contribution >= 4 is 17.4 Å². The lowest BCUT2D eigenvalue weighted by Gasteiger charge is -2.28. The van der Waals surface area contributed by atoms with Crippen molar-refractivity contribution in [1.29, 1.82) is 0 Å². The molecule has 1 saturated carbocycles. The molecule has 0 aliphatic heterocycles. The number of nitrogens with one attached hydrogen (secondary N) is 1. The van der Waals surface area contributed by atoms with Crippen molar-refractivity contribution in [3.8, 4) is 0 Å². The van der Waals surface area contributed by atoms with Crippen LogP contribution in [0.15, 0.2) is 0 Å². The van der Waals surface area contributed by atoms with Crippen LogP contribution in [0.1, 0.15) is 50.2 Å². The highest BCUT2D eigenvalue weighted by atomic mass is 35.5. The smallest absolute Gasteiger partial charge is 0.155 e. The van der Waals surface area contributed by atoms with Crippen molar-refractivity contribution < 1.29 is 0 Å². The van der Waals surface area contributed by atoms with Gasteiger partial charge in [0.25, 0.3) is 0 Å². The molecule has 1 aromatic rings. The van der Waals surface area contributed by atoms with Gasteiger partial charge in [-0.2, -0.15) is 0 Å². The zero-order valence-corrected chi connectivity index (χ0v) is 12.9. The Balaban J connectivity index is 1.88. The predicted octanol–water partition coefficient (Wildman–Crippen LogP) is 4.38. The van der Waals surface area contributed by atoms with Gasteiger partial charge >= 0.3 is 0 Å². The molecule has 3 nitrogen and oxygen atoms in total. The second-order valence-corrected chi connectivity index (χ2v) is 6.12. The molecular formula is C15H24ClN3. The summed E-state index contributed by atoms with van der Waals surface area (Å²) in [6, 6.07) is 0. The molecule has 0 spiro atoms. The van der Waals surface area contributed by atoms with Crippen molar-refractivity contribution in [1.82, 2.24) is 10.2 Å². The third-order valence-corrected chi connectivity index (χ3v) is 4.93. The van der Waals surface area contributed by atoms with Gasteiger partial charge in [-0.25, -0.2) is 0 Å². The quantitative estimate of drug-likeness (QED) is 0.890. The van der Waals surface area contributed by atoms with Crippen molar-refractivity contribution in [3.05, 3.63) is 16.3 Å². The van der Waals surface area contributed by atoms with E-state index in [0.29, 0.717) is 5.15 Å². The summed E-state index contributed by atoms with van der Waals surface area (Å²) >= 11 is 5.97. The zero-order chi connectivity index (χ0) is 13.8. The average Bonchev–Trinajstić information content (AvgIpc) is 2.45. The van der Waals surface area contributed by atoms with Gasteiger partial charge in [0.1, 0.15) is 0 Å². The molecule has 0 radical (unpaired) electrons. The lowest BCUT2D eigenvalue weighted by atomic mass is 9.81. The first-order chi connectivity index (χ1) is 9.11. The number of aromatic nitrogens is 2. The van der Waals surface area contributed by atoms with Crippen LogP contribution >= 0.6 is 11.6 Å². The van der Waals surface area contributed by atoms with Gasteiger partial charge in [-0.3, -0.25) is 0 Å². The summed E-state index contributed by atoms with van der Waals surface area (Å²) in [4.78, 5) is 0. The number of hydrogen-bond acceptors (Lipinski definition) is 3. The van der Waals surface area contributed by atoms with Gasteiger partial charge in [-0.15, -0.1) is 10.2 Å². The number of halogens is 1. The zero-order valence-electron chi connectivity index (χ0n) is 12.2. The van der Waals surface area contributed by atoms with Crippen LogP contribution in [0.3, 0.4) is 0 Å². The molecule has 1 fully saturated rings. The fraction of sp³-hybridized carbons (Fsp3) is 0.733. The van der Waals surface area contributed by atoms with Crippen molar-refractivity contribution in [3.63, 3.8) is 0 Å². The van der Waals surface area contributed by atoms with Gasteiger partial charge < -0.3 is 5.32 Å². The summed E-state index contributed by atoms with van der Waals surface area (Å²) in [5, 5.41) is 12.1. The third-order valence-electron chi connectivity index (χ3n) is 4.57. The van der Waals surface area contributed by atoms with E-state index in [-0.39, 0.29) is 0 Å². The van der Waals surface area contributed by atoms with E-state index >= 15 is 0 Å². The lowest BCUT2D eigenvalue weighted by Crippen LogP contribution is -2.22. The molecule has 0 aromatic carbocycles. The SMILES string of the molecule is CCC1CCC(CNc2nnc(Cl)c(C)c2C)CC1. The first kappa shape index (κ1) is 14.6. The molecule has 0 unspecified atom stereocenters. The number of rotatable bonds is 4. The Morgan fingerprint density at radius 3 is 2.32 bits per heavy atom. The standard InChI is InChI=1S/C15H24ClN3/c1-4-12-5-7-13(8-6-12)9-17-15-11(3)10(2)14(16)18-19-15/h12-13H,4-9H2,1-3H3,(H,17,19). The molecule has 4 heteroatoms. The third kappa shape index (κ3) is 3.59. The van der Waals surface area contributed by atoms with E-state index in [0.717, 1.165) is 35.3 Å². The van der Waals surface area contributed by atoms with Crippen LogP contribution in [0.4, 0.5) is 5.82 Å². The summed E-state index contributed by atoms with van der Waals surface area (Å²) in [7, 11) is 0. The predicted molar refractivity (Wildman–Crippen MR) is 80.7 cm³/mol. The first-order valence-corrected chi connectivity index (χ1v) is 7.72. The minimum atomic E-state index is 0.506. The number of anilines is 1. The fourth-order valence-electron chi connectivity index (χ4n) is 2.83.